The van der Waals surface area contributed by atoms with Crippen LogP contribution in [0.25, 0.3) is 97.7 Å². The summed E-state index contributed by atoms with van der Waals surface area (Å²) in [4.78, 5) is 0. The zero-order chi connectivity index (χ0) is 54.8. The summed E-state index contributed by atoms with van der Waals surface area (Å²) in [6.45, 7) is 0. The SMILES string of the molecule is [2H]c1c([2H])c([2H])c(-c2cc(-c3c([2H])c([2H])c([2H])c([2H])c3[2H])c3oc4ccc(-c5c([2H])c([2H])c([2H])c(-c6c([2H])c([2H])c([2H])c(-c7c([2H])c([2H])c([2H])c8c7sc7c([2H])c([2H])c([2H])c([2H])c78)c6[2H])c5[2H])cc4c3c2)c([2H])c1[2H]. The first kappa shape index (κ1) is 13.2. The average Bonchev–Trinajstić information content (AvgIpc) is 3.97. The molecule has 2 aromatic heterocycles. The second kappa shape index (κ2) is 11.7. The van der Waals surface area contributed by atoms with E-state index in [9.17, 15) is 2.74 Å². The van der Waals surface area contributed by atoms with Crippen molar-refractivity contribution < 1.29 is 38.7 Å². The zero-order valence-electron chi connectivity index (χ0n) is 50.2. The predicted molar refractivity (Wildman–Crippen MR) is 214 cm³/mol. The molecular formula is C48H30OS. The number of rotatable bonds is 5. The van der Waals surface area contributed by atoms with Crippen LogP contribution in [0.3, 0.4) is 0 Å². The van der Waals surface area contributed by atoms with E-state index in [4.69, 9.17) is 35.9 Å². The van der Waals surface area contributed by atoms with Crippen LogP contribution in [0.2, 0.25) is 0 Å². The smallest absolute Gasteiger partial charge is 0.143 e. The molecule has 0 unspecified atom stereocenters. The molecule has 10 rings (SSSR count). The van der Waals surface area contributed by atoms with E-state index in [0.717, 1.165) is 0 Å². The molecule has 0 aliphatic carbocycles. The summed E-state index contributed by atoms with van der Waals surface area (Å²) in [6, 6.07) is -10.8. The van der Waals surface area contributed by atoms with E-state index < -0.39 is 173 Å². The number of fused-ring (bicyclic) bond motifs is 6. The van der Waals surface area contributed by atoms with Gasteiger partial charge >= 0.3 is 0 Å². The lowest BCUT2D eigenvalue weighted by molar-refractivity contribution is 0.670. The molecule has 10 aromatic rings. The Kier molecular flexibility index (Phi) is 3.11. The quantitative estimate of drug-likeness (QED) is 0.176. The Morgan fingerprint density at radius 3 is 1.80 bits per heavy atom. The zero-order valence-corrected chi connectivity index (χ0v) is 26.0. The van der Waals surface area contributed by atoms with E-state index in [1.165, 1.54) is 30.3 Å². The second-order valence-corrected chi connectivity index (χ2v) is 12.0. The third-order valence-corrected chi connectivity index (χ3v) is 9.23. The van der Waals surface area contributed by atoms with Gasteiger partial charge in [-0.25, -0.2) is 0 Å². The standard InChI is InChI=1S/C48H30OS/c1-3-12-31(13-4-1)38-29-42(32-14-5-2-6-15-32)47-44(30-38)43-28-36(24-25-45(43)49-47)34-17-9-16-33(26-34)35-18-10-19-37(27-35)39-21-11-22-41-40-20-7-8-23-46(40)50-48(39)41/h1-30H/i1D,2D,3D,4D,5D,6D,7D,8D,9D,10D,11D,12D,13D,14D,15D,16D,17D,18D,19D,20D,21D,22D,23D,26D,27D. The van der Waals surface area contributed by atoms with Crippen LogP contribution in [0.1, 0.15) is 34.3 Å². The van der Waals surface area contributed by atoms with E-state index in [0.29, 0.717) is 11.3 Å². The highest BCUT2D eigenvalue weighted by Crippen LogP contribution is 2.42. The minimum Gasteiger partial charge on any atom is -0.455 e. The maximum atomic E-state index is 9.65. The molecule has 234 valence electrons. The van der Waals surface area contributed by atoms with E-state index in [2.05, 4.69) is 0 Å². The average molecular weight is 680 g/mol. The van der Waals surface area contributed by atoms with Crippen molar-refractivity contribution in [1.29, 1.82) is 0 Å². The van der Waals surface area contributed by atoms with Gasteiger partial charge in [0.25, 0.3) is 0 Å². The monoisotopic (exact) mass is 679 g/mol. The van der Waals surface area contributed by atoms with Crippen molar-refractivity contribution in [3.8, 4) is 55.6 Å². The maximum absolute atomic E-state index is 9.65. The Morgan fingerprint density at radius 1 is 0.400 bits per heavy atom. The van der Waals surface area contributed by atoms with Gasteiger partial charge in [-0.2, -0.15) is 0 Å². The third kappa shape index (κ3) is 4.84. The fourth-order valence-corrected chi connectivity index (χ4v) is 6.93. The highest BCUT2D eigenvalue weighted by Gasteiger charge is 2.17. The van der Waals surface area contributed by atoms with E-state index in [1.807, 2.05) is 0 Å². The Balaban J connectivity index is 1.27. The molecule has 0 N–H and O–H groups in total. The second-order valence-electron chi connectivity index (χ2n) is 11.0. The van der Waals surface area contributed by atoms with Crippen LogP contribution < -0.4 is 0 Å². The fraction of sp³-hybridized carbons (Fsp3) is 0. The van der Waals surface area contributed by atoms with Gasteiger partial charge in [-0.3, -0.25) is 0 Å². The summed E-state index contributed by atoms with van der Waals surface area (Å²) in [5.74, 6) is 0. The molecule has 0 atom stereocenters. The molecular weight excluding hydrogens is 625 g/mol. The molecule has 1 nitrogen and oxygen atoms in total. The minimum atomic E-state index is -0.881. The number of hydrogen-bond donors (Lipinski definition) is 0. The molecule has 2 heteroatoms. The maximum Gasteiger partial charge on any atom is 0.143 e. The molecule has 2 heterocycles. The summed E-state index contributed by atoms with van der Waals surface area (Å²) in [5, 5.41) is -0.115. The van der Waals surface area contributed by atoms with Crippen LogP contribution in [-0.4, -0.2) is 0 Å². The van der Waals surface area contributed by atoms with Crippen LogP contribution in [0.15, 0.2) is 186 Å². The number of hydrogen-bond acceptors (Lipinski definition) is 2. The molecule has 0 spiro atoms. The Labute approximate surface area is 329 Å². The molecule has 8 aromatic carbocycles. The van der Waals surface area contributed by atoms with Crippen LogP contribution in [0, 0.1) is 0 Å². The fourth-order valence-electron chi connectivity index (χ4n) is 5.85. The third-order valence-electron chi connectivity index (χ3n) is 8.10. The molecule has 0 amide bonds. The van der Waals surface area contributed by atoms with Gasteiger partial charge in [-0.05, 0) is 92.5 Å². The van der Waals surface area contributed by atoms with Crippen LogP contribution >= 0.6 is 11.3 Å². The molecule has 0 radical (unpaired) electrons. The Bertz CT molecular complexity index is 4250. The predicted octanol–water partition coefficient (Wildman–Crippen LogP) is 14.3. The first-order valence-corrected chi connectivity index (χ1v) is 15.8. The van der Waals surface area contributed by atoms with Crippen LogP contribution in [0.5, 0.6) is 0 Å². The lowest BCUT2D eigenvalue weighted by Gasteiger charge is -2.10. The molecule has 0 saturated heterocycles. The lowest BCUT2D eigenvalue weighted by Crippen LogP contribution is -1.84. The molecule has 50 heavy (non-hydrogen) atoms. The first-order valence-electron chi connectivity index (χ1n) is 27.5. The van der Waals surface area contributed by atoms with Crippen LogP contribution in [0.4, 0.5) is 0 Å². The molecule has 0 aliphatic rings. The molecule has 0 bridgehead atoms. The lowest BCUT2D eigenvalue weighted by atomic mass is 9.94. The van der Waals surface area contributed by atoms with Crippen molar-refractivity contribution in [1.82, 2.24) is 0 Å². The normalized spacial score (nSPS) is 18.6. The van der Waals surface area contributed by atoms with Gasteiger partial charge in [0.2, 0.25) is 0 Å². The number of furan rings is 1. The van der Waals surface area contributed by atoms with E-state index in [-0.39, 0.29) is 75.5 Å². The summed E-state index contributed by atoms with van der Waals surface area (Å²) < 4.78 is 226. The highest BCUT2D eigenvalue weighted by atomic mass is 32.1. The summed E-state index contributed by atoms with van der Waals surface area (Å²) >= 11 is 0.700. The summed E-state index contributed by atoms with van der Waals surface area (Å²) in [6.07, 6.45) is 0. The van der Waals surface area contributed by atoms with Crippen molar-refractivity contribution in [2.45, 2.75) is 0 Å². The van der Waals surface area contributed by atoms with E-state index in [1.54, 1.807) is 0 Å². The first-order chi connectivity index (χ1) is 35.2. The van der Waals surface area contributed by atoms with Gasteiger partial charge in [0.1, 0.15) is 11.2 Å². The van der Waals surface area contributed by atoms with Crippen molar-refractivity contribution in [3.05, 3.63) is 181 Å². The Hall–Kier alpha value is -6.22. The molecule has 0 saturated carbocycles. The van der Waals surface area contributed by atoms with E-state index >= 15 is 0 Å². The van der Waals surface area contributed by atoms with Crippen molar-refractivity contribution in [2.75, 3.05) is 0 Å². The highest BCUT2D eigenvalue weighted by molar-refractivity contribution is 7.26. The van der Waals surface area contributed by atoms with Gasteiger partial charge < -0.3 is 4.42 Å². The van der Waals surface area contributed by atoms with Crippen LogP contribution in [-0.2, 0) is 0 Å². The van der Waals surface area contributed by atoms with Crippen molar-refractivity contribution in [3.63, 3.8) is 0 Å². The largest absolute Gasteiger partial charge is 0.455 e. The molecule has 0 fully saturated rings. The number of thiophene rings is 1. The topological polar surface area (TPSA) is 13.1 Å². The van der Waals surface area contributed by atoms with Crippen molar-refractivity contribution in [2.24, 2.45) is 0 Å². The summed E-state index contributed by atoms with van der Waals surface area (Å²) in [7, 11) is 0. The van der Waals surface area contributed by atoms with Gasteiger partial charge in [-0.15, -0.1) is 11.3 Å². The van der Waals surface area contributed by atoms with Gasteiger partial charge in [0.15, 0.2) is 0 Å². The number of benzene rings is 8. The molecule has 0 aliphatic heterocycles. The van der Waals surface area contributed by atoms with Crippen molar-refractivity contribution >= 4 is 53.4 Å². The minimum absolute atomic E-state index is 0.0146. The summed E-state index contributed by atoms with van der Waals surface area (Å²) in [5.41, 5.74) is -3.51. The Morgan fingerprint density at radius 2 is 1.00 bits per heavy atom. The van der Waals surface area contributed by atoms with Gasteiger partial charge in [0.05, 0.1) is 34.3 Å². The van der Waals surface area contributed by atoms with Gasteiger partial charge in [-0.1, -0.05) is 139 Å². The van der Waals surface area contributed by atoms with Gasteiger partial charge in [0, 0.05) is 36.5 Å².